The number of nitrogens with one attached hydrogen (secondary N) is 1. The number of carbonyl (C=O) groups is 1. The molecule has 5 aromatic rings. The van der Waals surface area contributed by atoms with Gasteiger partial charge in [-0.3, -0.25) is 15.0 Å². The summed E-state index contributed by atoms with van der Waals surface area (Å²) in [6.45, 7) is 0.0944. The molecule has 0 spiro atoms. The molecule has 1 unspecified atom stereocenters. The molecule has 0 bridgehead atoms. The summed E-state index contributed by atoms with van der Waals surface area (Å²) in [6, 6.07) is 20.0. The van der Waals surface area contributed by atoms with E-state index in [1.807, 2.05) is 0 Å². The van der Waals surface area contributed by atoms with E-state index in [-0.39, 0.29) is 48.4 Å². The van der Waals surface area contributed by atoms with E-state index >= 15 is 4.39 Å². The van der Waals surface area contributed by atoms with Gasteiger partial charge in [0.15, 0.2) is 23.3 Å². The van der Waals surface area contributed by atoms with Crippen LogP contribution in [-0.4, -0.2) is 38.7 Å². The number of hydrogen-bond donors (Lipinski definition) is 3. The molecule has 1 heterocycles. The molecule has 0 aliphatic rings. The second-order valence-corrected chi connectivity index (χ2v) is 10.4. The van der Waals surface area contributed by atoms with Crippen LogP contribution in [0.1, 0.15) is 34.2 Å². The number of carbonyl (C=O) groups excluding carboxylic acids is 1. The van der Waals surface area contributed by atoms with Crippen molar-refractivity contribution in [3.8, 4) is 5.75 Å². The number of nitrogens with two attached hydrogens (primary N) is 1. The lowest BCUT2D eigenvalue weighted by molar-refractivity contribution is 0.0655. The molecule has 5 rings (SSSR count). The highest BCUT2D eigenvalue weighted by atomic mass is 35.5. The number of para-hydroxylation sites is 1. The number of benzene rings is 4. The molecule has 1 amide bonds. The zero-order chi connectivity index (χ0) is 31.4. The number of hydrogen-bond acceptors (Lipinski definition) is 6. The van der Waals surface area contributed by atoms with Crippen molar-refractivity contribution in [2.24, 2.45) is 5.73 Å². The van der Waals surface area contributed by atoms with Gasteiger partial charge in [-0.2, -0.15) is 0 Å². The summed E-state index contributed by atoms with van der Waals surface area (Å²) in [5.74, 6) is -5.78. The third-order valence-corrected chi connectivity index (χ3v) is 7.28. The van der Waals surface area contributed by atoms with Crippen molar-refractivity contribution in [2.75, 3.05) is 18.5 Å². The molecule has 4 aromatic carbocycles. The van der Waals surface area contributed by atoms with E-state index in [9.17, 15) is 23.5 Å². The Kier molecular flexibility index (Phi) is 9.17. The summed E-state index contributed by atoms with van der Waals surface area (Å²) in [5.41, 5.74) is 9.04. The third-order valence-electron chi connectivity index (χ3n) is 7.04. The first kappa shape index (κ1) is 30.6. The number of aromatic nitrogens is 2. The predicted octanol–water partition coefficient (Wildman–Crippen LogP) is 5.82. The van der Waals surface area contributed by atoms with Crippen LogP contribution in [0.15, 0.2) is 89.7 Å². The SMILES string of the molecule is NCCCN(C(=O)c1ccc(F)c(F)c1F)C(Cc1ccc(O)cc1)c1nc2cc(Cl)ccc2c(=O)n1Nc1ccccc1. The highest BCUT2D eigenvalue weighted by molar-refractivity contribution is 6.31. The van der Waals surface area contributed by atoms with E-state index in [1.165, 1.54) is 33.8 Å². The lowest BCUT2D eigenvalue weighted by atomic mass is 10.0. The van der Waals surface area contributed by atoms with Gasteiger partial charge in [-0.15, -0.1) is 0 Å². The number of anilines is 1. The van der Waals surface area contributed by atoms with Gasteiger partial charge >= 0.3 is 0 Å². The van der Waals surface area contributed by atoms with Gasteiger partial charge in [0, 0.05) is 18.0 Å². The number of nitrogens with zero attached hydrogens (tertiary/aromatic N) is 3. The maximum Gasteiger partial charge on any atom is 0.280 e. The molecule has 226 valence electrons. The molecule has 44 heavy (non-hydrogen) atoms. The fraction of sp³-hybridized carbons (Fsp3) is 0.156. The van der Waals surface area contributed by atoms with Gasteiger partial charge in [-0.25, -0.2) is 22.8 Å². The van der Waals surface area contributed by atoms with E-state index in [4.69, 9.17) is 22.3 Å². The molecule has 8 nitrogen and oxygen atoms in total. The summed E-state index contributed by atoms with van der Waals surface area (Å²) >= 11 is 6.25. The number of rotatable bonds is 10. The first-order valence-corrected chi connectivity index (χ1v) is 14.0. The second-order valence-electron chi connectivity index (χ2n) is 10.00. The van der Waals surface area contributed by atoms with Crippen LogP contribution in [0.2, 0.25) is 5.02 Å². The normalized spacial score (nSPS) is 11.8. The molecule has 0 saturated carbocycles. The minimum atomic E-state index is -1.79. The molecule has 0 fully saturated rings. The Morgan fingerprint density at radius 3 is 2.43 bits per heavy atom. The van der Waals surface area contributed by atoms with Gasteiger partial charge in [0.25, 0.3) is 11.5 Å². The predicted molar refractivity (Wildman–Crippen MR) is 162 cm³/mol. The minimum absolute atomic E-state index is 0.00588. The van der Waals surface area contributed by atoms with Crippen LogP contribution < -0.4 is 16.7 Å². The average molecular weight is 622 g/mol. The topological polar surface area (TPSA) is 113 Å². The number of fused-ring (bicyclic) bond motifs is 1. The third kappa shape index (κ3) is 6.38. The number of amides is 1. The monoisotopic (exact) mass is 621 g/mol. The lowest BCUT2D eigenvalue weighted by Crippen LogP contribution is -2.42. The molecular weight excluding hydrogens is 595 g/mol. The van der Waals surface area contributed by atoms with Gasteiger partial charge in [0.1, 0.15) is 5.75 Å². The fourth-order valence-corrected chi connectivity index (χ4v) is 5.02. The first-order chi connectivity index (χ1) is 21.2. The fourth-order valence-electron chi connectivity index (χ4n) is 4.85. The van der Waals surface area contributed by atoms with E-state index < -0.39 is 40.5 Å². The van der Waals surface area contributed by atoms with E-state index in [2.05, 4.69) is 5.43 Å². The summed E-state index contributed by atoms with van der Waals surface area (Å²) in [6.07, 6.45) is 0.274. The molecule has 0 saturated heterocycles. The van der Waals surface area contributed by atoms with Crippen LogP contribution in [0, 0.1) is 17.5 Å². The van der Waals surface area contributed by atoms with E-state index in [0.717, 1.165) is 6.07 Å². The number of phenols is 1. The van der Waals surface area contributed by atoms with Crippen LogP contribution in [0.3, 0.4) is 0 Å². The van der Waals surface area contributed by atoms with Gasteiger partial charge in [0.2, 0.25) is 0 Å². The molecule has 12 heteroatoms. The van der Waals surface area contributed by atoms with Crippen molar-refractivity contribution in [3.05, 3.63) is 135 Å². The van der Waals surface area contributed by atoms with Crippen molar-refractivity contribution in [3.63, 3.8) is 0 Å². The Morgan fingerprint density at radius 2 is 1.73 bits per heavy atom. The lowest BCUT2D eigenvalue weighted by Gasteiger charge is -2.33. The molecule has 4 N–H and O–H groups in total. The van der Waals surface area contributed by atoms with E-state index in [1.54, 1.807) is 48.5 Å². The Bertz CT molecular complexity index is 1870. The maximum atomic E-state index is 15.0. The van der Waals surface area contributed by atoms with Gasteiger partial charge in [0.05, 0.1) is 28.2 Å². The number of aromatic hydroxyl groups is 1. The maximum absolute atomic E-state index is 15.0. The van der Waals surface area contributed by atoms with Crippen LogP contribution in [0.25, 0.3) is 10.9 Å². The summed E-state index contributed by atoms with van der Waals surface area (Å²) in [4.78, 5) is 34.0. The highest BCUT2D eigenvalue weighted by Gasteiger charge is 2.33. The quantitative estimate of drug-likeness (QED) is 0.169. The van der Waals surface area contributed by atoms with Gasteiger partial charge in [-0.05, 0) is 73.1 Å². The van der Waals surface area contributed by atoms with Crippen molar-refractivity contribution in [1.29, 1.82) is 0 Å². The molecule has 1 aromatic heterocycles. The van der Waals surface area contributed by atoms with Crippen molar-refractivity contribution in [1.82, 2.24) is 14.6 Å². The molecule has 0 aliphatic heterocycles. The van der Waals surface area contributed by atoms with Crippen LogP contribution in [0.4, 0.5) is 18.9 Å². The summed E-state index contributed by atoms with van der Waals surface area (Å²) in [5, 5.41) is 10.4. The number of halogens is 4. The minimum Gasteiger partial charge on any atom is -0.508 e. The molecule has 1 atom stereocenters. The molecular formula is C32H27ClF3N5O3. The summed E-state index contributed by atoms with van der Waals surface area (Å²) < 4.78 is 44.3. The van der Waals surface area contributed by atoms with Crippen LogP contribution in [-0.2, 0) is 6.42 Å². The second kappa shape index (κ2) is 13.2. The highest BCUT2D eigenvalue weighted by Crippen LogP contribution is 2.30. The summed E-state index contributed by atoms with van der Waals surface area (Å²) in [7, 11) is 0. The Hall–Kier alpha value is -4.87. The van der Waals surface area contributed by atoms with Crippen molar-refractivity contribution >= 4 is 34.1 Å². The zero-order valence-electron chi connectivity index (χ0n) is 23.2. The average Bonchev–Trinajstić information content (AvgIpc) is 3.02. The zero-order valence-corrected chi connectivity index (χ0v) is 23.9. The largest absolute Gasteiger partial charge is 0.508 e. The van der Waals surface area contributed by atoms with Crippen LogP contribution >= 0.6 is 11.6 Å². The standard InChI is InChI=1S/C32H27ClF3N5O3/c33-20-9-12-23-26(18-20)38-30(41(32(23)44)39-21-5-2-1-3-6-21)27(17-19-7-10-22(42)11-8-19)40(16-4-15-37)31(43)24-13-14-25(34)29(36)28(24)35/h1-3,5-14,18,27,39,42H,4,15-17,37H2. The van der Waals surface area contributed by atoms with Crippen LogP contribution in [0.5, 0.6) is 5.75 Å². The first-order valence-electron chi connectivity index (χ1n) is 13.6. The Labute approximate surface area is 255 Å². The van der Waals surface area contributed by atoms with Crippen molar-refractivity contribution < 1.29 is 23.1 Å². The smallest absolute Gasteiger partial charge is 0.280 e. The molecule has 0 radical (unpaired) electrons. The van der Waals surface area contributed by atoms with Crippen molar-refractivity contribution in [2.45, 2.75) is 18.9 Å². The Balaban J connectivity index is 1.77. The van der Waals surface area contributed by atoms with Gasteiger partial charge < -0.3 is 15.7 Å². The molecule has 0 aliphatic carbocycles. The van der Waals surface area contributed by atoms with Gasteiger partial charge in [-0.1, -0.05) is 41.9 Å². The Morgan fingerprint density at radius 1 is 1.00 bits per heavy atom. The number of phenolic OH excluding ortho intramolecular Hbond substituents is 1. The van der Waals surface area contributed by atoms with E-state index in [0.29, 0.717) is 22.3 Å².